The highest BCUT2D eigenvalue weighted by molar-refractivity contribution is 6.34. The molecule has 15 heteroatoms. The summed E-state index contributed by atoms with van der Waals surface area (Å²) in [5.74, 6) is -6.39. The number of halogens is 7. The van der Waals surface area contributed by atoms with E-state index < -0.39 is 73.0 Å². The van der Waals surface area contributed by atoms with Crippen LogP contribution in [0.3, 0.4) is 0 Å². The van der Waals surface area contributed by atoms with Gasteiger partial charge in [0.15, 0.2) is 0 Å². The predicted molar refractivity (Wildman–Crippen MR) is 145 cm³/mol. The second-order valence-corrected chi connectivity index (χ2v) is 10.1. The first-order chi connectivity index (χ1) is 20.2. The van der Waals surface area contributed by atoms with Crippen LogP contribution in [0, 0.1) is 5.92 Å². The maximum absolute atomic E-state index is 13.6. The maximum atomic E-state index is 13.6. The molecule has 4 rings (SSSR count). The number of amides is 3. The Kier molecular flexibility index (Phi) is 9.18. The molecule has 4 N–H and O–H groups in total. The molecule has 228 valence electrons. The maximum Gasteiger partial charge on any atom is 0.433 e. The van der Waals surface area contributed by atoms with Crippen molar-refractivity contribution in [2.75, 3.05) is 16.8 Å². The van der Waals surface area contributed by atoms with Crippen LogP contribution in [-0.2, 0) is 20.6 Å². The Hall–Kier alpha value is -4.33. The average Bonchev–Trinajstić information content (AvgIpc) is 3.07. The van der Waals surface area contributed by atoms with Crippen molar-refractivity contribution in [3.05, 3.63) is 83.0 Å². The van der Waals surface area contributed by atoms with Gasteiger partial charge in [-0.15, -0.1) is 0 Å². The van der Waals surface area contributed by atoms with Gasteiger partial charge in [0.25, 0.3) is 0 Å². The lowest BCUT2D eigenvalue weighted by Gasteiger charge is -2.29. The molecule has 1 aliphatic heterocycles. The molecule has 1 aromatic heterocycles. The van der Waals surface area contributed by atoms with Crippen LogP contribution < -0.4 is 21.3 Å². The summed E-state index contributed by atoms with van der Waals surface area (Å²) in [6, 6.07) is 13.4. The van der Waals surface area contributed by atoms with E-state index in [2.05, 4.69) is 15.6 Å². The van der Waals surface area contributed by atoms with Gasteiger partial charge >= 0.3 is 12.4 Å². The Balaban J connectivity index is 1.73. The Morgan fingerprint density at radius 2 is 1.70 bits per heavy atom. The number of rotatable bonds is 8. The van der Waals surface area contributed by atoms with Gasteiger partial charge in [-0.2, -0.15) is 26.3 Å². The number of alkyl halides is 6. The Morgan fingerprint density at radius 1 is 1.02 bits per heavy atom. The molecule has 1 aliphatic rings. The van der Waals surface area contributed by atoms with Crippen LogP contribution in [0.25, 0.3) is 0 Å². The van der Waals surface area contributed by atoms with Gasteiger partial charge in [-0.25, -0.2) is 4.98 Å². The van der Waals surface area contributed by atoms with Crippen LogP contribution in [-0.4, -0.2) is 41.5 Å². The molecule has 0 fully saturated rings. The molecule has 2 heterocycles. The van der Waals surface area contributed by atoms with Crippen molar-refractivity contribution in [2.45, 2.75) is 37.2 Å². The number of nitrogens with two attached hydrogens (primary N) is 1. The van der Waals surface area contributed by atoms with Crippen LogP contribution in [0.2, 0.25) is 5.02 Å². The van der Waals surface area contributed by atoms with Crippen molar-refractivity contribution in [3.8, 4) is 0 Å². The number of carbonyl (C=O) groups is 3. The molecule has 0 radical (unpaired) electrons. The summed E-state index contributed by atoms with van der Waals surface area (Å²) in [7, 11) is 0. The molecular formula is C28H24ClF6N5O3. The van der Waals surface area contributed by atoms with Crippen LogP contribution in [0.15, 0.2) is 66.7 Å². The number of nitrogens with one attached hydrogen (secondary N) is 2. The van der Waals surface area contributed by atoms with Gasteiger partial charge < -0.3 is 21.3 Å². The van der Waals surface area contributed by atoms with Gasteiger partial charge in [-0.1, -0.05) is 54.1 Å². The number of aromatic nitrogens is 1. The number of fused-ring (bicyclic) bond motifs is 1. The van der Waals surface area contributed by atoms with Crippen molar-refractivity contribution in [3.63, 3.8) is 0 Å². The summed E-state index contributed by atoms with van der Waals surface area (Å²) in [5, 5.41) is 4.93. The minimum atomic E-state index is -4.80. The molecule has 0 saturated carbocycles. The summed E-state index contributed by atoms with van der Waals surface area (Å²) in [5.41, 5.74) is 4.68. The zero-order valence-electron chi connectivity index (χ0n) is 22.0. The quantitative estimate of drug-likeness (QED) is 0.283. The number of hydrogen-bond donors (Lipinski definition) is 3. The Morgan fingerprint density at radius 3 is 2.33 bits per heavy atom. The summed E-state index contributed by atoms with van der Waals surface area (Å²) in [6.07, 6.45) is -11.7. The molecule has 43 heavy (non-hydrogen) atoms. The summed E-state index contributed by atoms with van der Waals surface area (Å²) >= 11 is 6.28. The first-order valence-electron chi connectivity index (χ1n) is 12.8. The Bertz CT molecular complexity index is 1500. The normalized spacial score (nSPS) is 16.9. The fourth-order valence-corrected chi connectivity index (χ4v) is 5.01. The van der Waals surface area contributed by atoms with Crippen molar-refractivity contribution < 1.29 is 40.7 Å². The molecule has 0 aliphatic carbocycles. The number of carbonyl (C=O) groups excluding carboxylic acids is 3. The number of benzene rings is 2. The van der Waals surface area contributed by atoms with Crippen molar-refractivity contribution in [2.24, 2.45) is 11.7 Å². The smallest absolute Gasteiger partial charge is 0.369 e. The highest BCUT2D eigenvalue weighted by atomic mass is 35.5. The van der Waals surface area contributed by atoms with Crippen molar-refractivity contribution in [1.82, 2.24) is 10.3 Å². The monoisotopic (exact) mass is 627 g/mol. The largest absolute Gasteiger partial charge is 0.433 e. The van der Waals surface area contributed by atoms with Crippen LogP contribution in [0.5, 0.6) is 0 Å². The molecule has 2 aromatic carbocycles. The first kappa shape index (κ1) is 31.6. The highest BCUT2D eigenvalue weighted by Crippen LogP contribution is 2.40. The van der Waals surface area contributed by atoms with E-state index in [9.17, 15) is 40.7 Å². The van der Waals surface area contributed by atoms with E-state index in [4.69, 9.17) is 17.3 Å². The Labute approximate surface area is 246 Å². The third kappa shape index (κ3) is 7.55. The lowest BCUT2D eigenvalue weighted by Crippen LogP contribution is -2.51. The molecule has 0 saturated heterocycles. The van der Waals surface area contributed by atoms with E-state index >= 15 is 0 Å². The predicted octanol–water partition coefficient (Wildman–Crippen LogP) is 5.56. The van der Waals surface area contributed by atoms with Crippen molar-refractivity contribution >= 4 is 46.5 Å². The minimum absolute atomic E-state index is 0.0121. The average molecular weight is 628 g/mol. The van der Waals surface area contributed by atoms with E-state index in [0.29, 0.717) is 0 Å². The van der Waals surface area contributed by atoms with Gasteiger partial charge in [-0.05, 0) is 36.2 Å². The van der Waals surface area contributed by atoms with Gasteiger partial charge in [0.2, 0.25) is 17.7 Å². The number of nitrogens with zero attached hydrogens (tertiary/aromatic N) is 2. The topological polar surface area (TPSA) is 117 Å². The zero-order chi connectivity index (χ0) is 31.5. The summed E-state index contributed by atoms with van der Waals surface area (Å²) in [4.78, 5) is 44.3. The molecule has 3 atom stereocenters. The van der Waals surface area contributed by atoms with Gasteiger partial charge in [-0.3, -0.25) is 14.4 Å². The zero-order valence-corrected chi connectivity index (χ0v) is 22.8. The molecule has 8 nitrogen and oxygen atoms in total. The molecule has 0 bridgehead atoms. The van der Waals surface area contributed by atoms with Crippen LogP contribution in [0.1, 0.15) is 30.0 Å². The van der Waals surface area contributed by atoms with Gasteiger partial charge in [0, 0.05) is 6.42 Å². The minimum Gasteiger partial charge on any atom is -0.369 e. The third-order valence-corrected chi connectivity index (χ3v) is 7.09. The summed E-state index contributed by atoms with van der Waals surface area (Å²) < 4.78 is 80.1. The molecule has 3 amide bonds. The third-order valence-electron chi connectivity index (χ3n) is 6.77. The molecule has 3 aromatic rings. The number of primary amides is 1. The van der Waals surface area contributed by atoms with Crippen LogP contribution in [0.4, 0.5) is 43.5 Å². The van der Waals surface area contributed by atoms with E-state index in [1.165, 1.54) is 53.4 Å². The molecular weight excluding hydrogens is 604 g/mol. The number of anilines is 3. The van der Waals surface area contributed by atoms with E-state index in [0.717, 1.165) is 12.1 Å². The highest BCUT2D eigenvalue weighted by Gasteiger charge is 2.40. The van der Waals surface area contributed by atoms with Crippen molar-refractivity contribution in [1.29, 1.82) is 0 Å². The number of pyridine rings is 1. The SMILES string of the molecule is NC(=O)C(c1ccccc1)C(CCC(F)(F)F)C(=O)NC1CN(c2cccc(C(F)(F)F)n2)c2cccc(Cl)c2NC1=O. The fraction of sp³-hybridized carbons (Fsp3) is 0.286. The van der Waals surface area contributed by atoms with E-state index in [1.54, 1.807) is 6.07 Å². The fourth-order valence-electron chi connectivity index (χ4n) is 4.80. The lowest BCUT2D eigenvalue weighted by atomic mass is 9.81. The first-order valence-corrected chi connectivity index (χ1v) is 13.2. The second kappa shape index (κ2) is 12.5. The second-order valence-electron chi connectivity index (χ2n) is 9.72. The lowest BCUT2D eigenvalue weighted by molar-refractivity contribution is -0.144. The summed E-state index contributed by atoms with van der Waals surface area (Å²) in [6.45, 7) is -0.488. The molecule has 0 spiro atoms. The van der Waals surface area contributed by atoms with Gasteiger partial charge in [0.1, 0.15) is 17.6 Å². The number of para-hydroxylation sites is 1. The van der Waals surface area contributed by atoms with E-state index in [-0.39, 0.29) is 27.8 Å². The standard InChI is InChI=1S/C28H24ClF6N5O3/c29-17-8-4-9-19-23(17)39-26(43)18(14-40(19)21-11-5-10-20(38-21)28(33,34)35)37-25(42)16(12-13-27(30,31)32)22(24(36)41)15-6-2-1-3-7-15/h1-11,16,18,22H,12-14H2,(H2,36,41)(H,37,42)(H,39,43). The van der Waals surface area contributed by atoms with Crippen LogP contribution >= 0.6 is 11.6 Å². The number of hydrogen-bond acceptors (Lipinski definition) is 5. The van der Waals surface area contributed by atoms with Gasteiger partial charge in [0.05, 0.1) is 34.8 Å². The van der Waals surface area contributed by atoms with E-state index in [1.807, 2.05) is 0 Å². The molecule has 3 unspecified atom stereocenters.